The van der Waals surface area contributed by atoms with Gasteiger partial charge in [-0.3, -0.25) is 4.99 Å². The van der Waals surface area contributed by atoms with E-state index in [0.717, 1.165) is 29.4 Å². The van der Waals surface area contributed by atoms with E-state index in [0.29, 0.717) is 26.3 Å². The molecule has 0 aliphatic rings. The van der Waals surface area contributed by atoms with Crippen molar-refractivity contribution in [3.8, 4) is 5.75 Å². The Bertz CT molecular complexity index is 713. The Morgan fingerprint density at radius 2 is 1.79 bits per heavy atom. The van der Waals surface area contributed by atoms with Gasteiger partial charge in [0.05, 0.1) is 33.5 Å². The number of aliphatic hydroxyl groups is 1. The van der Waals surface area contributed by atoms with E-state index < -0.39 is 0 Å². The number of guanidine groups is 1. The van der Waals surface area contributed by atoms with Gasteiger partial charge >= 0.3 is 0 Å². The van der Waals surface area contributed by atoms with E-state index in [2.05, 4.69) is 15.6 Å². The first kappa shape index (κ1) is 25.2. The van der Waals surface area contributed by atoms with Crippen molar-refractivity contribution < 1.29 is 14.6 Å². The van der Waals surface area contributed by atoms with Gasteiger partial charge in [0.2, 0.25) is 0 Å². The lowest BCUT2D eigenvalue weighted by Gasteiger charge is -2.15. The maximum atomic E-state index is 9.68. The molecule has 0 aliphatic carbocycles. The van der Waals surface area contributed by atoms with E-state index in [-0.39, 0.29) is 36.5 Å². The van der Waals surface area contributed by atoms with Crippen LogP contribution in [0.15, 0.2) is 59.6 Å². The summed E-state index contributed by atoms with van der Waals surface area (Å²) in [5, 5.41) is 16.2. The van der Waals surface area contributed by atoms with E-state index in [1.807, 2.05) is 61.5 Å². The fourth-order valence-electron chi connectivity index (χ4n) is 2.78. The molecule has 0 saturated heterocycles. The summed E-state index contributed by atoms with van der Waals surface area (Å²) in [6.07, 6.45) is 0. The topological polar surface area (TPSA) is 75.1 Å². The van der Waals surface area contributed by atoms with Crippen LogP contribution >= 0.6 is 24.0 Å². The lowest BCUT2D eigenvalue weighted by Crippen LogP contribution is -2.39. The molecule has 0 spiro atoms. The van der Waals surface area contributed by atoms with Crippen LogP contribution in [0.1, 0.15) is 24.0 Å². The zero-order valence-corrected chi connectivity index (χ0v) is 19.5. The number of aliphatic hydroxyl groups excluding tert-OH is 1. The van der Waals surface area contributed by atoms with Crippen molar-refractivity contribution >= 4 is 29.9 Å². The van der Waals surface area contributed by atoms with Crippen LogP contribution in [0.4, 0.5) is 0 Å². The molecule has 0 bridgehead atoms. The number of para-hydroxylation sites is 1. The Morgan fingerprint density at radius 1 is 1.07 bits per heavy atom. The first-order valence-electron chi connectivity index (χ1n) is 9.66. The lowest BCUT2D eigenvalue weighted by atomic mass is 10.0. The van der Waals surface area contributed by atoms with Crippen molar-refractivity contribution in [3.05, 3.63) is 65.7 Å². The minimum absolute atomic E-state index is 0. The van der Waals surface area contributed by atoms with Gasteiger partial charge in [-0.1, -0.05) is 48.5 Å². The van der Waals surface area contributed by atoms with Gasteiger partial charge in [0, 0.05) is 24.6 Å². The number of nitrogens with one attached hydrogen (secondary N) is 2. The van der Waals surface area contributed by atoms with E-state index in [1.165, 1.54) is 0 Å². The molecular weight excluding hydrogens is 481 g/mol. The van der Waals surface area contributed by atoms with Crippen LogP contribution in [0.5, 0.6) is 5.75 Å². The molecule has 0 amide bonds. The first-order valence-corrected chi connectivity index (χ1v) is 9.66. The van der Waals surface area contributed by atoms with Crippen LogP contribution in [0.25, 0.3) is 0 Å². The quantitative estimate of drug-likeness (QED) is 0.186. The third kappa shape index (κ3) is 9.01. The minimum atomic E-state index is -0.0153. The highest BCUT2D eigenvalue weighted by Gasteiger charge is 2.10. The summed E-state index contributed by atoms with van der Waals surface area (Å²) in [4.78, 5) is 4.60. The highest BCUT2D eigenvalue weighted by atomic mass is 127. The van der Waals surface area contributed by atoms with E-state index in [4.69, 9.17) is 9.47 Å². The van der Waals surface area contributed by atoms with Crippen molar-refractivity contribution in [1.29, 1.82) is 0 Å². The fraction of sp³-hybridized carbons (Fsp3) is 0.409. The standard InChI is InChI=1S/C22H31N3O3.HI/c1-3-23-22(25-15-20(16-26)18-9-5-4-6-10-18)24-13-14-28-17-19-11-7-8-12-21(19)27-2;/h4-12,20,26H,3,13-17H2,1-2H3,(H2,23,24,25);1H. The molecule has 0 aliphatic heterocycles. The molecule has 0 aromatic heterocycles. The van der Waals surface area contributed by atoms with Crippen LogP contribution in [0.2, 0.25) is 0 Å². The second-order valence-electron chi connectivity index (χ2n) is 6.30. The zero-order valence-electron chi connectivity index (χ0n) is 17.1. The summed E-state index contributed by atoms with van der Waals surface area (Å²) in [6, 6.07) is 17.8. The van der Waals surface area contributed by atoms with Gasteiger partial charge in [0.1, 0.15) is 5.75 Å². The van der Waals surface area contributed by atoms with Crippen LogP contribution < -0.4 is 15.4 Å². The second-order valence-corrected chi connectivity index (χ2v) is 6.30. The van der Waals surface area contributed by atoms with Gasteiger partial charge in [-0.25, -0.2) is 0 Å². The average Bonchev–Trinajstić information content (AvgIpc) is 2.74. The Hall–Kier alpha value is -1.84. The fourth-order valence-corrected chi connectivity index (χ4v) is 2.78. The average molecular weight is 513 g/mol. The molecule has 160 valence electrons. The molecule has 1 atom stereocenters. The number of aliphatic imine (C=N–C) groups is 1. The maximum Gasteiger partial charge on any atom is 0.191 e. The molecular formula is C22H32IN3O3. The molecule has 7 heteroatoms. The Labute approximate surface area is 190 Å². The van der Waals surface area contributed by atoms with Crippen LogP contribution in [-0.2, 0) is 11.3 Å². The van der Waals surface area contributed by atoms with E-state index in [1.54, 1.807) is 7.11 Å². The zero-order chi connectivity index (χ0) is 20.0. The number of rotatable bonds is 11. The third-order valence-corrected chi connectivity index (χ3v) is 4.29. The number of benzene rings is 2. The van der Waals surface area contributed by atoms with Crippen LogP contribution in [0, 0.1) is 0 Å². The van der Waals surface area contributed by atoms with Gasteiger partial charge in [-0.2, -0.15) is 0 Å². The van der Waals surface area contributed by atoms with Crippen molar-refractivity contribution in [3.63, 3.8) is 0 Å². The number of hydrogen-bond acceptors (Lipinski definition) is 4. The van der Waals surface area contributed by atoms with Crippen molar-refractivity contribution in [2.45, 2.75) is 19.4 Å². The Kier molecular flexibility index (Phi) is 13.1. The van der Waals surface area contributed by atoms with Gasteiger partial charge in [0.25, 0.3) is 0 Å². The summed E-state index contributed by atoms with van der Waals surface area (Å²) in [7, 11) is 1.66. The van der Waals surface area contributed by atoms with Crippen molar-refractivity contribution in [1.82, 2.24) is 10.6 Å². The van der Waals surface area contributed by atoms with Crippen LogP contribution in [0.3, 0.4) is 0 Å². The second kappa shape index (κ2) is 15.1. The van der Waals surface area contributed by atoms with Gasteiger partial charge in [-0.05, 0) is 18.6 Å². The van der Waals surface area contributed by atoms with Crippen molar-refractivity contribution in [2.75, 3.05) is 40.0 Å². The molecule has 1 unspecified atom stereocenters. The SMILES string of the molecule is CCNC(=NCC(CO)c1ccccc1)NCCOCc1ccccc1OC.I. The van der Waals surface area contributed by atoms with Gasteiger partial charge < -0.3 is 25.2 Å². The van der Waals surface area contributed by atoms with Gasteiger partial charge in [0.15, 0.2) is 5.96 Å². The molecule has 3 N–H and O–H groups in total. The molecule has 2 aromatic carbocycles. The molecule has 2 aromatic rings. The normalized spacial score (nSPS) is 12.0. The molecule has 0 saturated carbocycles. The summed E-state index contributed by atoms with van der Waals surface area (Å²) in [6.45, 7) is 5.05. The van der Waals surface area contributed by atoms with Gasteiger partial charge in [-0.15, -0.1) is 24.0 Å². The molecule has 29 heavy (non-hydrogen) atoms. The summed E-state index contributed by atoms with van der Waals surface area (Å²) in [5.74, 6) is 1.54. The highest BCUT2D eigenvalue weighted by molar-refractivity contribution is 14.0. The predicted molar refractivity (Wildman–Crippen MR) is 128 cm³/mol. The Balaban J connectivity index is 0.00000420. The minimum Gasteiger partial charge on any atom is -0.496 e. The number of ether oxygens (including phenoxy) is 2. The number of methoxy groups -OCH3 is 1. The highest BCUT2D eigenvalue weighted by Crippen LogP contribution is 2.18. The number of halogens is 1. The Morgan fingerprint density at radius 3 is 2.48 bits per heavy atom. The number of hydrogen-bond donors (Lipinski definition) is 3. The molecule has 0 radical (unpaired) electrons. The summed E-state index contributed by atoms with van der Waals surface area (Å²) < 4.78 is 11.1. The smallest absolute Gasteiger partial charge is 0.191 e. The molecule has 2 rings (SSSR count). The third-order valence-electron chi connectivity index (χ3n) is 4.29. The maximum absolute atomic E-state index is 9.68. The predicted octanol–water partition coefficient (Wildman–Crippen LogP) is 3.16. The summed E-state index contributed by atoms with van der Waals surface area (Å²) in [5.41, 5.74) is 2.11. The summed E-state index contributed by atoms with van der Waals surface area (Å²) >= 11 is 0. The van der Waals surface area contributed by atoms with E-state index in [9.17, 15) is 5.11 Å². The molecule has 6 nitrogen and oxygen atoms in total. The number of nitrogens with zero attached hydrogens (tertiary/aromatic N) is 1. The lowest BCUT2D eigenvalue weighted by molar-refractivity contribution is 0.123. The van der Waals surface area contributed by atoms with E-state index >= 15 is 0 Å². The van der Waals surface area contributed by atoms with Crippen molar-refractivity contribution in [2.24, 2.45) is 4.99 Å². The molecule has 0 heterocycles. The largest absolute Gasteiger partial charge is 0.496 e. The van der Waals surface area contributed by atoms with Crippen LogP contribution in [-0.4, -0.2) is 51.0 Å². The molecule has 0 fully saturated rings. The monoisotopic (exact) mass is 513 g/mol. The first-order chi connectivity index (χ1) is 13.8.